The third-order valence-electron chi connectivity index (χ3n) is 3.52. The molecule has 1 aromatic carbocycles. The summed E-state index contributed by atoms with van der Waals surface area (Å²) in [6, 6.07) is 5.41. The van der Waals surface area contributed by atoms with Gasteiger partial charge in [-0.1, -0.05) is 11.6 Å². The second-order valence-electron chi connectivity index (χ2n) is 5.67. The van der Waals surface area contributed by atoms with Gasteiger partial charge in [0, 0.05) is 18.1 Å². The number of benzene rings is 1. The standard InChI is InChI=1S/C16H22ClNO3/c1-10-7-14(5-6-15(10)17)21-13(4)16(19)18-8-11(2)20-12(3)9-18/h5-7,11-13H,8-9H2,1-4H3/t11-,12-,13-/m1/s1. The molecule has 1 fully saturated rings. The van der Waals surface area contributed by atoms with Crippen LogP contribution in [0.15, 0.2) is 18.2 Å². The second kappa shape index (κ2) is 6.67. The van der Waals surface area contributed by atoms with Gasteiger partial charge < -0.3 is 14.4 Å². The van der Waals surface area contributed by atoms with Crippen LogP contribution in [-0.4, -0.2) is 42.2 Å². The Hall–Kier alpha value is -1.26. The van der Waals surface area contributed by atoms with E-state index in [-0.39, 0.29) is 18.1 Å². The van der Waals surface area contributed by atoms with E-state index in [1.807, 2.05) is 31.7 Å². The van der Waals surface area contributed by atoms with Crippen molar-refractivity contribution in [2.75, 3.05) is 13.1 Å². The normalized spacial score (nSPS) is 23.8. The van der Waals surface area contributed by atoms with Crippen LogP contribution >= 0.6 is 11.6 Å². The lowest BCUT2D eigenvalue weighted by molar-refractivity contribution is -0.149. The maximum absolute atomic E-state index is 12.5. The van der Waals surface area contributed by atoms with Crippen LogP contribution in [0, 0.1) is 6.92 Å². The molecule has 116 valence electrons. The van der Waals surface area contributed by atoms with E-state index in [1.54, 1.807) is 19.1 Å². The summed E-state index contributed by atoms with van der Waals surface area (Å²) in [7, 11) is 0. The first-order valence-corrected chi connectivity index (χ1v) is 7.61. The van der Waals surface area contributed by atoms with Gasteiger partial charge in [0.1, 0.15) is 5.75 Å². The highest BCUT2D eigenvalue weighted by Gasteiger charge is 2.29. The zero-order chi connectivity index (χ0) is 15.6. The summed E-state index contributed by atoms with van der Waals surface area (Å²) in [5, 5.41) is 0.692. The van der Waals surface area contributed by atoms with Crippen molar-refractivity contribution in [1.29, 1.82) is 0 Å². The highest BCUT2D eigenvalue weighted by molar-refractivity contribution is 6.31. The van der Waals surface area contributed by atoms with Gasteiger partial charge in [0.05, 0.1) is 12.2 Å². The van der Waals surface area contributed by atoms with Crippen LogP contribution in [0.5, 0.6) is 5.75 Å². The van der Waals surface area contributed by atoms with Gasteiger partial charge in [0.15, 0.2) is 6.10 Å². The fraction of sp³-hybridized carbons (Fsp3) is 0.562. The van der Waals surface area contributed by atoms with E-state index in [9.17, 15) is 4.79 Å². The average Bonchev–Trinajstić information content (AvgIpc) is 2.41. The molecule has 21 heavy (non-hydrogen) atoms. The molecule has 0 radical (unpaired) electrons. The van der Waals surface area contributed by atoms with Crippen molar-refractivity contribution in [3.63, 3.8) is 0 Å². The molecular weight excluding hydrogens is 290 g/mol. The Bertz CT molecular complexity index is 510. The molecule has 0 saturated carbocycles. The number of aryl methyl sites for hydroxylation is 1. The van der Waals surface area contributed by atoms with Crippen LogP contribution in [0.2, 0.25) is 5.02 Å². The molecule has 0 aliphatic carbocycles. The van der Waals surface area contributed by atoms with E-state index in [2.05, 4.69) is 0 Å². The minimum atomic E-state index is -0.525. The summed E-state index contributed by atoms with van der Waals surface area (Å²) in [6.07, 6.45) is -0.409. The van der Waals surface area contributed by atoms with Crippen LogP contribution < -0.4 is 4.74 Å². The topological polar surface area (TPSA) is 38.8 Å². The van der Waals surface area contributed by atoms with Crippen molar-refractivity contribution in [2.45, 2.75) is 46.0 Å². The maximum Gasteiger partial charge on any atom is 0.263 e. The van der Waals surface area contributed by atoms with Gasteiger partial charge in [-0.25, -0.2) is 0 Å². The molecule has 4 nitrogen and oxygen atoms in total. The van der Waals surface area contributed by atoms with Crippen LogP contribution in [0.1, 0.15) is 26.3 Å². The third-order valence-corrected chi connectivity index (χ3v) is 3.95. The van der Waals surface area contributed by atoms with Crippen molar-refractivity contribution >= 4 is 17.5 Å². The van der Waals surface area contributed by atoms with Crippen molar-refractivity contribution in [3.8, 4) is 5.75 Å². The molecule has 5 heteroatoms. The molecule has 3 atom stereocenters. The van der Waals surface area contributed by atoms with Crippen LogP contribution in [-0.2, 0) is 9.53 Å². The molecule has 0 bridgehead atoms. The SMILES string of the molecule is Cc1cc(O[C@H](C)C(=O)N2C[C@@H](C)O[C@H](C)C2)ccc1Cl. The van der Waals surface area contributed by atoms with Crippen molar-refractivity contribution in [2.24, 2.45) is 0 Å². The molecule has 0 aromatic heterocycles. The molecular formula is C16H22ClNO3. The number of hydrogen-bond donors (Lipinski definition) is 0. The molecule has 0 N–H and O–H groups in total. The highest BCUT2D eigenvalue weighted by atomic mass is 35.5. The summed E-state index contributed by atoms with van der Waals surface area (Å²) in [4.78, 5) is 14.3. The zero-order valence-corrected chi connectivity index (χ0v) is 13.7. The number of morpholine rings is 1. The average molecular weight is 312 g/mol. The summed E-state index contributed by atoms with van der Waals surface area (Å²) >= 11 is 5.99. The number of halogens is 1. The largest absolute Gasteiger partial charge is 0.481 e. The first kappa shape index (κ1) is 16.1. The van der Waals surface area contributed by atoms with Gasteiger partial charge in [-0.3, -0.25) is 4.79 Å². The van der Waals surface area contributed by atoms with Crippen molar-refractivity contribution < 1.29 is 14.3 Å². The van der Waals surface area contributed by atoms with Gasteiger partial charge in [-0.15, -0.1) is 0 Å². The minimum absolute atomic E-state index is 0.00963. The lowest BCUT2D eigenvalue weighted by atomic mass is 10.2. The molecule has 1 aliphatic heterocycles. The van der Waals surface area contributed by atoms with E-state index in [0.29, 0.717) is 23.9 Å². The van der Waals surface area contributed by atoms with E-state index in [1.165, 1.54) is 0 Å². The summed E-state index contributed by atoms with van der Waals surface area (Å²) in [6.45, 7) is 8.85. The first-order chi connectivity index (χ1) is 9.86. The first-order valence-electron chi connectivity index (χ1n) is 7.24. The number of hydrogen-bond acceptors (Lipinski definition) is 3. The summed E-state index contributed by atoms with van der Waals surface area (Å²) < 4.78 is 11.4. The van der Waals surface area contributed by atoms with E-state index in [0.717, 1.165) is 5.56 Å². The zero-order valence-electron chi connectivity index (χ0n) is 12.9. The van der Waals surface area contributed by atoms with Gasteiger partial charge >= 0.3 is 0 Å². The molecule has 1 heterocycles. The maximum atomic E-state index is 12.5. The number of carbonyl (C=O) groups is 1. The lowest BCUT2D eigenvalue weighted by Gasteiger charge is -2.36. The van der Waals surface area contributed by atoms with Crippen molar-refractivity contribution in [3.05, 3.63) is 28.8 Å². The van der Waals surface area contributed by atoms with Gasteiger partial charge in [0.2, 0.25) is 0 Å². The number of carbonyl (C=O) groups excluding carboxylic acids is 1. The summed E-state index contributed by atoms with van der Waals surface area (Å²) in [5.41, 5.74) is 0.933. The van der Waals surface area contributed by atoms with Gasteiger partial charge in [-0.05, 0) is 51.5 Å². The minimum Gasteiger partial charge on any atom is -0.481 e. The van der Waals surface area contributed by atoms with Gasteiger partial charge in [-0.2, -0.15) is 0 Å². The molecule has 0 spiro atoms. The van der Waals surface area contributed by atoms with Crippen LogP contribution in [0.25, 0.3) is 0 Å². The lowest BCUT2D eigenvalue weighted by Crippen LogP contribution is -2.51. The highest BCUT2D eigenvalue weighted by Crippen LogP contribution is 2.22. The third kappa shape index (κ3) is 4.11. The predicted molar refractivity (Wildman–Crippen MR) is 82.9 cm³/mol. The Morgan fingerprint density at radius 3 is 2.57 bits per heavy atom. The molecule has 1 aromatic rings. The predicted octanol–water partition coefficient (Wildman–Crippen LogP) is 3.05. The fourth-order valence-corrected chi connectivity index (χ4v) is 2.68. The molecule has 0 unspecified atom stereocenters. The molecule has 2 rings (SSSR count). The molecule has 1 saturated heterocycles. The number of ether oxygens (including phenoxy) is 2. The number of nitrogens with zero attached hydrogens (tertiary/aromatic N) is 1. The molecule has 1 amide bonds. The quantitative estimate of drug-likeness (QED) is 0.861. The smallest absolute Gasteiger partial charge is 0.263 e. The number of amides is 1. The van der Waals surface area contributed by atoms with E-state index in [4.69, 9.17) is 21.1 Å². The van der Waals surface area contributed by atoms with Crippen molar-refractivity contribution in [1.82, 2.24) is 4.90 Å². The molecule has 1 aliphatic rings. The summed E-state index contributed by atoms with van der Waals surface area (Å²) in [5.74, 6) is 0.650. The second-order valence-corrected chi connectivity index (χ2v) is 6.08. The Balaban J connectivity index is 2.00. The Morgan fingerprint density at radius 1 is 1.38 bits per heavy atom. The number of rotatable bonds is 3. The Kier molecular flexibility index (Phi) is 5.12. The van der Waals surface area contributed by atoms with Crippen LogP contribution in [0.4, 0.5) is 0 Å². The van der Waals surface area contributed by atoms with E-state index >= 15 is 0 Å². The Labute approximate surface area is 131 Å². The van der Waals surface area contributed by atoms with E-state index < -0.39 is 6.10 Å². The Morgan fingerprint density at radius 2 is 2.00 bits per heavy atom. The van der Waals surface area contributed by atoms with Gasteiger partial charge in [0.25, 0.3) is 5.91 Å². The fourth-order valence-electron chi connectivity index (χ4n) is 2.56. The van der Waals surface area contributed by atoms with Crippen LogP contribution in [0.3, 0.4) is 0 Å². The monoisotopic (exact) mass is 311 g/mol.